The maximum atomic E-state index is 12.4. The van der Waals surface area contributed by atoms with Crippen LogP contribution in [0.2, 0.25) is 0 Å². The Kier molecular flexibility index (Phi) is 11.3. The van der Waals surface area contributed by atoms with Gasteiger partial charge in [0.1, 0.15) is 12.4 Å². The van der Waals surface area contributed by atoms with Crippen LogP contribution in [0.4, 0.5) is 4.79 Å². The molecule has 3 rings (SSSR count). The van der Waals surface area contributed by atoms with E-state index < -0.39 is 30.2 Å². The summed E-state index contributed by atoms with van der Waals surface area (Å²) in [7, 11) is 1.26. The fraction of sp³-hybridized carbons (Fsp3) is 0.357. The molecule has 2 amide bonds. The van der Waals surface area contributed by atoms with E-state index in [0.717, 1.165) is 0 Å². The number of methoxy groups -OCH3 is 1. The fourth-order valence-corrected chi connectivity index (χ4v) is 3.87. The number of aliphatic hydroxyl groups is 1. The van der Waals surface area contributed by atoms with Gasteiger partial charge in [-0.05, 0) is 50.6 Å². The van der Waals surface area contributed by atoms with Crippen LogP contribution in [-0.4, -0.2) is 69.1 Å². The van der Waals surface area contributed by atoms with Gasteiger partial charge in [0, 0.05) is 11.3 Å². The van der Waals surface area contributed by atoms with Crippen LogP contribution in [0, 0.1) is 0 Å². The van der Waals surface area contributed by atoms with Gasteiger partial charge in [0.05, 0.1) is 38.2 Å². The molecule has 4 N–H and O–H groups in total. The molecule has 13 heteroatoms. The highest BCUT2D eigenvalue weighted by Gasteiger charge is 2.32. The van der Waals surface area contributed by atoms with E-state index in [2.05, 4.69) is 21.2 Å². The molecular formula is C28H34N4O9. The number of urea groups is 1. The predicted octanol–water partition coefficient (Wildman–Crippen LogP) is 2.15. The lowest BCUT2D eigenvalue weighted by Crippen LogP contribution is -2.45. The number of rotatable bonds is 14. The Morgan fingerprint density at radius 3 is 2.59 bits per heavy atom. The van der Waals surface area contributed by atoms with Crippen LogP contribution in [0.15, 0.2) is 58.8 Å². The van der Waals surface area contributed by atoms with Crippen LogP contribution in [0.1, 0.15) is 37.9 Å². The lowest BCUT2D eigenvalue weighted by atomic mass is 9.95. The first-order chi connectivity index (χ1) is 19.8. The number of para-hydroxylation sites is 1. The Balaban J connectivity index is 1.65. The van der Waals surface area contributed by atoms with Gasteiger partial charge in [0.2, 0.25) is 0 Å². The summed E-state index contributed by atoms with van der Waals surface area (Å²) in [5.74, 6) is 0.0342. The Labute approximate surface area is 237 Å². The van der Waals surface area contributed by atoms with Crippen molar-refractivity contribution >= 4 is 24.2 Å². The average molecular weight is 571 g/mol. The van der Waals surface area contributed by atoms with Gasteiger partial charge in [-0.1, -0.05) is 18.2 Å². The monoisotopic (exact) mass is 570 g/mol. The summed E-state index contributed by atoms with van der Waals surface area (Å²) < 4.78 is 26.7. The van der Waals surface area contributed by atoms with Gasteiger partial charge < -0.3 is 39.4 Å². The standard InChI is InChI=1S/C28H34N4O9/c1-5-38-22-13-18(26-25(27(35)37-4)17(3)30-28(36)31-26)11-12-21(22)40-15-23(33)32-29-14-19-9-7-8-10-20(19)41-16-24(34)39-6-2/h7-14,23,26,32-33H,5-6,15-16H2,1-4H3,(H2,30,31,36)/b29-14+/t23-,26-/m0/s1. The molecule has 0 bridgehead atoms. The fourth-order valence-electron chi connectivity index (χ4n) is 3.87. The molecule has 220 valence electrons. The van der Waals surface area contributed by atoms with Gasteiger partial charge in [0.15, 0.2) is 24.3 Å². The van der Waals surface area contributed by atoms with Crippen LogP contribution in [0.5, 0.6) is 17.2 Å². The van der Waals surface area contributed by atoms with E-state index in [1.165, 1.54) is 13.3 Å². The molecule has 1 heterocycles. The number of allylic oxidation sites excluding steroid dienone is 1. The van der Waals surface area contributed by atoms with Gasteiger partial charge in [-0.2, -0.15) is 5.10 Å². The average Bonchev–Trinajstić information content (AvgIpc) is 2.95. The van der Waals surface area contributed by atoms with Crippen LogP contribution in [0.3, 0.4) is 0 Å². The maximum Gasteiger partial charge on any atom is 0.344 e. The summed E-state index contributed by atoms with van der Waals surface area (Å²) in [6.45, 7) is 5.27. The molecule has 0 fully saturated rings. The third kappa shape index (κ3) is 8.60. The number of esters is 2. The van der Waals surface area contributed by atoms with Crippen molar-refractivity contribution in [2.45, 2.75) is 33.0 Å². The van der Waals surface area contributed by atoms with Crippen molar-refractivity contribution < 1.29 is 43.2 Å². The number of hydrogen-bond donors (Lipinski definition) is 4. The molecule has 13 nitrogen and oxygen atoms in total. The van der Waals surface area contributed by atoms with E-state index in [4.69, 9.17) is 23.7 Å². The van der Waals surface area contributed by atoms with Crippen molar-refractivity contribution in [3.63, 3.8) is 0 Å². The van der Waals surface area contributed by atoms with Gasteiger partial charge in [-0.25, -0.2) is 14.4 Å². The molecule has 2 atom stereocenters. The molecule has 0 unspecified atom stereocenters. The Morgan fingerprint density at radius 1 is 1.07 bits per heavy atom. The van der Waals surface area contributed by atoms with Crippen molar-refractivity contribution in [3.05, 3.63) is 64.9 Å². The number of hydrazone groups is 1. The van der Waals surface area contributed by atoms with Crippen LogP contribution >= 0.6 is 0 Å². The minimum atomic E-state index is -1.19. The number of amides is 2. The zero-order chi connectivity index (χ0) is 29.8. The summed E-state index contributed by atoms with van der Waals surface area (Å²) in [6.07, 6.45) is 0.250. The number of benzene rings is 2. The van der Waals surface area contributed by atoms with E-state index >= 15 is 0 Å². The molecule has 0 aliphatic carbocycles. The molecular weight excluding hydrogens is 536 g/mol. The second kappa shape index (κ2) is 15.1. The topological polar surface area (TPSA) is 166 Å². The molecule has 0 spiro atoms. The van der Waals surface area contributed by atoms with Crippen molar-refractivity contribution in [1.82, 2.24) is 16.1 Å². The van der Waals surface area contributed by atoms with Crippen molar-refractivity contribution in [2.24, 2.45) is 5.10 Å². The zero-order valence-corrected chi connectivity index (χ0v) is 23.3. The lowest BCUT2D eigenvalue weighted by molar-refractivity contribution is -0.145. The van der Waals surface area contributed by atoms with Crippen molar-refractivity contribution in [1.29, 1.82) is 0 Å². The highest BCUT2D eigenvalue weighted by Crippen LogP contribution is 2.34. The van der Waals surface area contributed by atoms with Gasteiger partial charge in [-0.3, -0.25) is 5.43 Å². The van der Waals surface area contributed by atoms with Crippen LogP contribution < -0.4 is 30.3 Å². The van der Waals surface area contributed by atoms with Crippen molar-refractivity contribution in [2.75, 3.05) is 33.5 Å². The number of aliphatic hydroxyl groups excluding tert-OH is 1. The Bertz CT molecular complexity index is 1300. The minimum Gasteiger partial charge on any atom is -0.490 e. The first-order valence-corrected chi connectivity index (χ1v) is 12.9. The first kappa shape index (κ1) is 30.8. The van der Waals surface area contributed by atoms with E-state index in [0.29, 0.717) is 40.7 Å². The number of carbonyl (C=O) groups excluding carboxylic acids is 3. The highest BCUT2D eigenvalue weighted by atomic mass is 16.6. The molecule has 0 radical (unpaired) electrons. The van der Waals surface area contributed by atoms with Crippen LogP contribution in [0.25, 0.3) is 0 Å². The first-order valence-electron chi connectivity index (χ1n) is 12.9. The normalized spacial score (nSPS) is 15.4. The molecule has 2 aromatic carbocycles. The van der Waals surface area contributed by atoms with Gasteiger partial charge >= 0.3 is 18.0 Å². The summed E-state index contributed by atoms with van der Waals surface area (Å²) >= 11 is 0. The smallest absolute Gasteiger partial charge is 0.344 e. The van der Waals surface area contributed by atoms with E-state index in [1.54, 1.807) is 63.2 Å². The molecule has 1 aliphatic heterocycles. The Hall–Kier alpha value is -4.78. The predicted molar refractivity (Wildman–Crippen MR) is 148 cm³/mol. The SMILES string of the molecule is CCOC(=O)COc1ccccc1/C=N/N[C@@H](O)COc1ccc([C@@H]2NC(=O)NC(C)=C2C(=O)OC)cc1OCC. The van der Waals surface area contributed by atoms with Crippen molar-refractivity contribution in [3.8, 4) is 17.2 Å². The molecule has 2 aromatic rings. The molecule has 41 heavy (non-hydrogen) atoms. The van der Waals surface area contributed by atoms with Gasteiger partial charge in [-0.15, -0.1) is 0 Å². The zero-order valence-electron chi connectivity index (χ0n) is 23.3. The maximum absolute atomic E-state index is 12.4. The van der Waals surface area contributed by atoms with Gasteiger partial charge in [0.25, 0.3) is 0 Å². The molecule has 0 saturated heterocycles. The number of nitrogens with zero attached hydrogens (tertiary/aromatic N) is 1. The number of ether oxygens (including phenoxy) is 5. The second-order valence-electron chi connectivity index (χ2n) is 8.55. The number of carbonyl (C=O) groups is 3. The summed E-state index contributed by atoms with van der Waals surface area (Å²) in [5, 5.41) is 19.7. The Morgan fingerprint density at radius 2 is 1.85 bits per heavy atom. The molecule has 0 aromatic heterocycles. The largest absolute Gasteiger partial charge is 0.490 e. The number of hydrogen-bond acceptors (Lipinski definition) is 11. The van der Waals surface area contributed by atoms with E-state index in [-0.39, 0.29) is 25.4 Å². The summed E-state index contributed by atoms with van der Waals surface area (Å²) in [4.78, 5) is 36.1. The quantitative estimate of drug-likeness (QED) is 0.114. The lowest BCUT2D eigenvalue weighted by Gasteiger charge is -2.28. The van der Waals surface area contributed by atoms with E-state index in [9.17, 15) is 19.5 Å². The second-order valence-corrected chi connectivity index (χ2v) is 8.55. The highest BCUT2D eigenvalue weighted by molar-refractivity contribution is 5.95. The third-order valence-corrected chi connectivity index (χ3v) is 5.67. The molecule has 1 aliphatic rings. The van der Waals surface area contributed by atoms with E-state index in [1.807, 2.05) is 0 Å². The summed E-state index contributed by atoms with van der Waals surface area (Å²) in [5.41, 5.74) is 4.35. The minimum absolute atomic E-state index is 0.186. The molecule has 0 saturated carbocycles. The third-order valence-electron chi connectivity index (χ3n) is 5.67. The van der Waals surface area contributed by atoms with Crippen LogP contribution in [-0.2, 0) is 19.1 Å². The summed E-state index contributed by atoms with van der Waals surface area (Å²) in [6, 6.07) is 10.7. The number of nitrogens with one attached hydrogen (secondary N) is 3.